The van der Waals surface area contributed by atoms with Gasteiger partial charge in [-0.25, -0.2) is 12.7 Å². The zero-order valence-corrected chi connectivity index (χ0v) is 12.7. The predicted octanol–water partition coefficient (Wildman–Crippen LogP) is 2.80. The van der Waals surface area contributed by atoms with Crippen molar-refractivity contribution in [3.63, 3.8) is 0 Å². The number of hydrogen-bond acceptors (Lipinski definition) is 4. The van der Waals surface area contributed by atoms with Crippen LogP contribution in [0.5, 0.6) is 0 Å². The Balaban J connectivity index is 2.07. The first kappa shape index (κ1) is 14.9. The maximum atomic E-state index is 11.9. The van der Waals surface area contributed by atoms with Gasteiger partial charge >= 0.3 is 0 Å². The number of benzene rings is 1. The fraction of sp³-hybridized carbons (Fsp3) is 0.231. The molecular weight excluding hydrogens is 300 g/mol. The van der Waals surface area contributed by atoms with Gasteiger partial charge in [-0.3, -0.25) is 0 Å². The Labute approximate surface area is 123 Å². The first-order chi connectivity index (χ1) is 9.39. The Kier molecular flexibility index (Phi) is 4.37. The maximum Gasteiger partial charge on any atom is 0.275 e. The second kappa shape index (κ2) is 5.87. The lowest BCUT2D eigenvalue weighted by atomic mass is 10.3. The number of nitrogens with zero attached hydrogens (tertiary/aromatic N) is 1. The SMILES string of the molecule is CN(C)S(=O)(=O)c1ccc(CNc2cccc(Cl)c2)o1. The van der Waals surface area contributed by atoms with E-state index in [1.54, 1.807) is 18.2 Å². The molecule has 0 fully saturated rings. The van der Waals surface area contributed by atoms with Gasteiger partial charge in [0.1, 0.15) is 5.76 Å². The molecule has 108 valence electrons. The Morgan fingerprint density at radius 1 is 1.25 bits per heavy atom. The highest BCUT2D eigenvalue weighted by atomic mass is 35.5. The summed E-state index contributed by atoms with van der Waals surface area (Å²) in [6.45, 7) is 0.378. The Bertz CT molecular complexity index is 695. The molecule has 1 heterocycles. The van der Waals surface area contributed by atoms with E-state index >= 15 is 0 Å². The molecule has 0 aliphatic heterocycles. The van der Waals surface area contributed by atoms with Crippen LogP contribution in [0.2, 0.25) is 5.02 Å². The third-order valence-electron chi connectivity index (χ3n) is 2.66. The summed E-state index contributed by atoms with van der Waals surface area (Å²) in [7, 11) is -0.608. The second-order valence-corrected chi connectivity index (χ2v) is 6.89. The van der Waals surface area contributed by atoms with Crippen LogP contribution in [-0.2, 0) is 16.6 Å². The highest BCUT2D eigenvalue weighted by Gasteiger charge is 2.21. The topological polar surface area (TPSA) is 62.6 Å². The molecule has 1 aromatic heterocycles. The van der Waals surface area contributed by atoms with Gasteiger partial charge in [0, 0.05) is 24.8 Å². The van der Waals surface area contributed by atoms with Crippen LogP contribution < -0.4 is 5.32 Å². The van der Waals surface area contributed by atoms with Gasteiger partial charge in [0.15, 0.2) is 0 Å². The fourth-order valence-corrected chi connectivity index (χ4v) is 2.56. The molecule has 2 aromatic rings. The standard InChI is InChI=1S/C13H15ClN2O3S/c1-16(2)20(17,18)13-7-6-12(19-13)9-15-11-5-3-4-10(14)8-11/h3-8,15H,9H2,1-2H3. The summed E-state index contributed by atoms with van der Waals surface area (Å²) < 4.78 is 30.2. The number of halogens is 1. The number of rotatable bonds is 5. The summed E-state index contributed by atoms with van der Waals surface area (Å²) >= 11 is 5.88. The lowest BCUT2D eigenvalue weighted by Crippen LogP contribution is -2.21. The molecule has 0 atom stereocenters. The van der Waals surface area contributed by atoms with Crippen molar-refractivity contribution in [3.05, 3.63) is 47.2 Å². The molecule has 0 saturated carbocycles. The number of nitrogens with one attached hydrogen (secondary N) is 1. The third kappa shape index (κ3) is 3.33. The molecule has 0 aliphatic rings. The summed E-state index contributed by atoms with van der Waals surface area (Å²) in [5, 5.41) is 3.67. The molecular formula is C13H15ClN2O3S. The minimum atomic E-state index is -3.53. The molecule has 20 heavy (non-hydrogen) atoms. The number of sulfonamides is 1. The summed E-state index contributed by atoms with van der Waals surface area (Å²) in [6, 6.07) is 10.3. The second-order valence-electron chi connectivity index (χ2n) is 4.37. The van der Waals surface area contributed by atoms with Crippen molar-refractivity contribution < 1.29 is 12.8 Å². The minimum Gasteiger partial charge on any atom is -0.446 e. The van der Waals surface area contributed by atoms with E-state index in [4.69, 9.17) is 16.0 Å². The van der Waals surface area contributed by atoms with Crippen LogP contribution >= 0.6 is 11.6 Å². The Morgan fingerprint density at radius 3 is 2.65 bits per heavy atom. The summed E-state index contributed by atoms with van der Waals surface area (Å²) in [4.78, 5) is 0. The normalized spacial score (nSPS) is 11.8. The van der Waals surface area contributed by atoms with E-state index in [1.165, 1.54) is 20.2 Å². The smallest absolute Gasteiger partial charge is 0.275 e. The maximum absolute atomic E-state index is 11.9. The Hall–Kier alpha value is -1.50. The van der Waals surface area contributed by atoms with E-state index in [0.717, 1.165) is 9.99 Å². The van der Waals surface area contributed by atoms with Gasteiger partial charge in [-0.1, -0.05) is 17.7 Å². The quantitative estimate of drug-likeness (QED) is 0.921. The molecule has 0 saturated heterocycles. The number of anilines is 1. The minimum absolute atomic E-state index is 0.0644. The van der Waals surface area contributed by atoms with E-state index in [1.807, 2.05) is 12.1 Å². The van der Waals surface area contributed by atoms with E-state index in [-0.39, 0.29) is 5.09 Å². The van der Waals surface area contributed by atoms with Crippen molar-refractivity contribution in [2.75, 3.05) is 19.4 Å². The van der Waals surface area contributed by atoms with Crippen molar-refractivity contribution in [3.8, 4) is 0 Å². The first-order valence-corrected chi connectivity index (χ1v) is 7.72. The Morgan fingerprint density at radius 2 is 2.00 bits per heavy atom. The van der Waals surface area contributed by atoms with E-state index in [9.17, 15) is 8.42 Å². The van der Waals surface area contributed by atoms with Crippen LogP contribution in [0.25, 0.3) is 0 Å². The van der Waals surface area contributed by atoms with Gasteiger partial charge in [-0.05, 0) is 30.3 Å². The van der Waals surface area contributed by atoms with Gasteiger partial charge in [0.2, 0.25) is 5.09 Å². The molecule has 1 N–H and O–H groups in total. The van der Waals surface area contributed by atoms with Crippen molar-refractivity contribution >= 4 is 27.3 Å². The van der Waals surface area contributed by atoms with E-state index in [0.29, 0.717) is 17.3 Å². The van der Waals surface area contributed by atoms with Crippen LogP contribution in [0.3, 0.4) is 0 Å². The number of hydrogen-bond donors (Lipinski definition) is 1. The molecule has 5 nitrogen and oxygen atoms in total. The fourth-order valence-electron chi connectivity index (χ4n) is 1.56. The molecule has 0 aliphatic carbocycles. The molecule has 0 unspecified atom stereocenters. The largest absolute Gasteiger partial charge is 0.446 e. The summed E-state index contributed by atoms with van der Waals surface area (Å²) in [5.74, 6) is 0.533. The van der Waals surface area contributed by atoms with Gasteiger partial charge < -0.3 is 9.73 Å². The van der Waals surface area contributed by atoms with Crippen molar-refractivity contribution in [2.45, 2.75) is 11.6 Å². The zero-order valence-electron chi connectivity index (χ0n) is 11.1. The lowest BCUT2D eigenvalue weighted by molar-refractivity contribution is 0.402. The molecule has 0 bridgehead atoms. The molecule has 0 amide bonds. The summed E-state index contributed by atoms with van der Waals surface area (Å²) in [5.41, 5.74) is 0.839. The van der Waals surface area contributed by atoms with Gasteiger partial charge in [0.05, 0.1) is 6.54 Å². The third-order valence-corrected chi connectivity index (χ3v) is 4.59. The molecule has 1 aromatic carbocycles. The molecule has 7 heteroatoms. The van der Waals surface area contributed by atoms with E-state index < -0.39 is 10.0 Å². The van der Waals surface area contributed by atoms with Crippen LogP contribution in [0.4, 0.5) is 5.69 Å². The number of furan rings is 1. The van der Waals surface area contributed by atoms with Crippen molar-refractivity contribution in [1.82, 2.24) is 4.31 Å². The highest BCUT2D eigenvalue weighted by molar-refractivity contribution is 7.88. The van der Waals surface area contributed by atoms with Crippen molar-refractivity contribution in [2.24, 2.45) is 0 Å². The highest BCUT2D eigenvalue weighted by Crippen LogP contribution is 2.19. The van der Waals surface area contributed by atoms with Crippen LogP contribution in [0.1, 0.15) is 5.76 Å². The predicted molar refractivity (Wildman–Crippen MR) is 78.4 cm³/mol. The van der Waals surface area contributed by atoms with Gasteiger partial charge in [-0.15, -0.1) is 0 Å². The van der Waals surface area contributed by atoms with Crippen LogP contribution in [0.15, 0.2) is 45.9 Å². The zero-order chi connectivity index (χ0) is 14.8. The molecule has 0 spiro atoms. The average molecular weight is 315 g/mol. The van der Waals surface area contributed by atoms with Crippen LogP contribution in [-0.4, -0.2) is 26.8 Å². The van der Waals surface area contributed by atoms with Crippen LogP contribution in [0, 0.1) is 0 Å². The van der Waals surface area contributed by atoms with E-state index in [2.05, 4.69) is 5.32 Å². The average Bonchev–Trinajstić information content (AvgIpc) is 2.85. The first-order valence-electron chi connectivity index (χ1n) is 5.90. The molecule has 0 radical (unpaired) electrons. The molecule has 2 rings (SSSR count). The van der Waals surface area contributed by atoms with Gasteiger partial charge in [0.25, 0.3) is 10.0 Å². The van der Waals surface area contributed by atoms with Gasteiger partial charge in [-0.2, -0.15) is 0 Å². The lowest BCUT2D eigenvalue weighted by Gasteiger charge is -2.08. The summed E-state index contributed by atoms with van der Waals surface area (Å²) in [6.07, 6.45) is 0. The monoisotopic (exact) mass is 314 g/mol. The van der Waals surface area contributed by atoms with Crippen molar-refractivity contribution in [1.29, 1.82) is 0 Å².